The van der Waals surface area contributed by atoms with E-state index >= 15 is 0 Å². The number of amides is 1. The number of carbonyl (C=O) groups is 1. The maximum absolute atomic E-state index is 14.5. The number of aromatic nitrogens is 5. The summed E-state index contributed by atoms with van der Waals surface area (Å²) >= 11 is 0. The third-order valence-corrected chi connectivity index (χ3v) is 5.65. The number of hydrogen-bond donors (Lipinski definition) is 0. The van der Waals surface area contributed by atoms with Crippen LogP contribution in [0.15, 0.2) is 36.9 Å². The van der Waals surface area contributed by atoms with Gasteiger partial charge in [-0.05, 0) is 12.0 Å². The first kappa shape index (κ1) is 24.5. The molecule has 0 spiro atoms. The van der Waals surface area contributed by atoms with Crippen molar-refractivity contribution < 1.29 is 31.5 Å². The maximum atomic E-state index is 14.5. The Morgan fingerprint density at radius 3 is 2.54 bits per heavy atom. The minimum atomic E-state index is -3.15. The monoisotopic (exact) mass is 496 g/mol. The lowest BCUT2D eigenvalue weighted by atomic mass is 9.88. The van der Waals surface area contributed by atoms with Gasteiger partial charge in [-0.3, -0.25) is 9.48 Å². The Balaban J connectivity index is 1.61. The summed E-state index contributed by atoms with van der Waals surface area (Å²) in [7, 11) is 1.53. The number of ether oxygens (including phenoxy) is 1. The first-order valence-corrected chi connectivity index (χ1v) is 10.6. The van der Waals surface area contributed by atoms with Gasteiger partial charge in [0.1, 0.15) is 6.61 Å². The molecule has 1 aliphatic rings. The molecule has 8 nitrogen and oxygen atoms in total. The van der Waals surface area contributed by atoms with Crippen LogP contribution in [0.5, 0.6) is 5.88 Å². The third-order valence-electron chi connectivity index (χ3n) is 5.65. The highest BCUT2D eigenvalue weighted by atomic mass is 19.3. The second-order valence-corrected chi connectivity index (χ2v) is 8.37. The van der Waals surface area contributed by atoms with Crippen LogP contribution in [0.3, 0.4) is 0 Å². The average molecular weight is 496 g/mol. The SMILES string of the molecule is C[C@@H]1CC(F)(F)CN(C(=O)c2nn(C)cc2-c2ncc(F)cn2)C1COc1ccc(C(F)F)cn1. The largest absolute Gasteiger partial charge is 0.475 e. The van der Waals surface area contributed by atoms with Gasteiger partial charge >= 0.3 is 0 Å². The molecule has 3 aromatic heterocycles. The predicted molar refractivity (Wildman–Crippen MR) is 112 cm³/mol. The molecule has 1 unspecified atom stereocenters. The zero-order valence-electron chi connectivity index (χ0n) is 18.7. The van der Waals surface area contributed by atoms with Crippen molar-refractivity contribution in [3.8, 4) is 17.3 Å². The van der Waals surface area contributed by atoms with Crippen LogP contribution in [0.4, 0.5) is 22.0 Å². The molecule has 0 aromatic carbocycles. The number of rotatable bonds is 6. The average Bonchev–Trinajstić information content (AvgIpc) is 3.19. The van der Waals surface area contributed by atoms with Crippen LogP contribution in [0, 0.1) is 11.7 Å². The minimum Gasteiger partial charge on any atom is -0.475 e. The summed E-state index contributed by atoms with van der Waals surface area (Å²) in [6, 6.07) is 1.61. The summed E-state index contributed by atoms with van der Waals surface area (Å²) in [5.41, 5.74) is -0.304. The van der Waals surface area contributed by atoms with E-state index in [0.29, 0.717) is 0 Å². The number of halogens is 5. The van der Waals surface area contributed by atoms with Crippen molar-refractivity contribution in [2.45, 2.75) is 31.7 Å². The lowest BCUT2D eigenvalue weighted by Crippen LogP contribution is -2.57. The summed E-state index contributed by atoms with van der Waals surface area (Å²) in [6.07, 6.45) is 1.07. The lowest BCUT2D eigenvalue weighted by Gasteiger charge is -2.42. The number of hydrogen-bond acceptors (Lipinski definition) is 6. The number of piperidine rings is 1. The van der Waals surface area contributed by atoms with E-state index < -0.39 is 49.0 Å². The molecule has 1 saturated heterocycles. The van der Waals surface area contributed by atoms with Crippen LogP contribution in [-0.4, -0.2) is 60.7 Å². The van der Waals surface area contributed by atoms with E-state index in [-0.39, 0.29) is 35.1 Å². The molecule has 0 N–H and O–H groups in total. The van der Waals surface area contributed by atoms with Crippen molar-refractivity contribution >= 4 is 5.91 Å². The number of nitrogens with zero attached hydrogens (tertiary/aromatic N) is 6. The lowest BCUT2D eigenvalue weighted by molar-refractivity contribution is -0.0979. The topological polar surface area (TPSA) is 86.0 Å². The molecular weight excluding hydrogens is 475 g/mol. The minimum absolute atomic E-state index is 0.00999. The molecule has 13 heteroatoms. The molecule has 3 aromatic rings. The maximum Gasteiger partial charge on any atom is 0.275 e. The molecule has 2 atom stereocenters. The molecular formula is C22H21F5N6O2. The summed E-state index contributed by atoms with van der Waals surface area (Å²) in [6.45, 7) is 0.499. The molecule has 0 saturated carbocycles. The van der Waals surface area contributed by atoms with Crippen LogP contribution in [0.2, 0.25) is 0 Å². The van der Waals surface area contributed by atoms with Crippen molar-refractivity contribution in [1.82, 2.24) is 29.6 Å². The van der Waals surface area contributed by atoms with Crippen molar-refractivity contribution in [2.75, 3.05) is 13.2 Å². The van der Waals surface area contributed by atoms with Gasteiger partial charge < -0.3 is 9.64 Å². The molecule has 4 heterocycles. The second kappa shape index (κ2) is 9.55. The summed E-state index contributed by atoms with van der Waals surface area (Å²) < 4.78 is 74.6. The summed E-state index contributed by atoms with van der Waals surface area (Å²) in [4.78, 5) is 26.0. The van der Waals surface area contributed by atoms with Gasteiger partial charge in [-0.2, -0.15) is 5.10 Å². The molecule has 1 aliphatic heterocycles. The Morgan fingerprint density at radius 2 is 1.91 bits per heavy atom. The first-order valence-electron chi connectivity index (χ1n) is 10.6. The zero-order chi connectivity index (χ0) is 25.3. The van der Waals surface area contributed by atoms with Gasteiger partial charge in [0.25, 0.3) is 18.3 Å². The molecule has 0 radical (unpaired) electrons. The second-order valence-electron chi connectivity index (χ2n) is 8.37. The smallest absolute Gasteiger partial charge is 0.275 e. The number of aryl methyl sites for hydroxylation is 1. The van der Waals surface area contributed by atoms with E-state index in [4.69, 9.17) is 4.74 Å². The van der Waals surface area contributed by atoms with Gasteiger partial charge in [-0.1, -0.05) is 6.92 Å². The highest BCUT2D eigenvalue weighted by molar-refractivity contribution is 5.98. The van der Waals surface area contributed by atoms with E-state index in [1.807, 2.05) is 0 Å². The Kier molecular flexibility index (Phi) is 6.68. The number of carbonyl (C=O) groups excluding carboxylic acids is 1. The van der Waals surface area contributed by atoms with E-state index in [1.165, 1.54) is 24.0 Å². The molecule has 0 bridgehead atoms. The number of pyridine rings is 1. The van der Waals surface area contributed by atoms with Crippen molar-refractivity contribution in [2.24, 2.45) is 13.0 Å². The van der Waals surface area contributed by atoms with Gasteiger partial charge in [0.15, 0.2) is 17.3 Å². The first-order chi connectivity index (χ1) is 16.5. The van der Waals surface area contributed by atoms with E-state index in [2.05, 4.69) is 20.1 Å². The van der Waals surface area contributed by atoms with Crippen molar-refractivity contribution in [3.63, 3.8) is 0 Å². The molecule has 1 amide bonds. The van der Waals surface area contributed by atoms with Crippen LogP contribution in [0.25, 0.3) is 11.4 Å². The van der Waals surface area contributed by atoms with Gasteiger partial charge in [0, 0.05) is 37.5 Å². The highest BCUT2D eigenvalue weighted by Gasteiger charge is 2.47. The highest BCUT2D eigenvalue weighted by Crippen LogP contribution is 2.36. The van der Waals surface area contributed by atoms with E-state index in [0.717, 1.165) is 29.6 Å². The zero-order valence-corrected chi connectivity index (χ0v) is 18.7. The quantitative estimate of drug-likeness (QED) is 0.481. The fraction of sp³-hybridized carbons (Fsp3) is 0.409. The fourth-order valence-electron chi connectivity index (χ4n) is 4.00. The van der Waals surface area contributed by atoms with E-state index in [1.54, 1.807) is 6.92 Å². The number of alkyl halides is 4. The van der Waals surface area contributed by atoms with Crippen LogP contribution < -0.4 is 4.74 Å². The molecule has 1 fully saturated rings. The Bertz CT molecular complexity index is 1190. The van der Waals surface area contributed by atoms with E-state index in [9.17, 15) is 26.7 Å². The van der Waals surface area contributed by atoms with Crippen LogP contribution in [0.1, 0.15) is 35.8 Å². The Labute approximate surface area is 196 Å². The fourth-order valence-corrected chi connectivity index (χ4v) is 4.00. The van der Waals surface area contributed by atoms with Crippen LogP contribution in [-0.2, 0) is 7.05 Å². The summed E-state index contributed by atoms with van der Waals surface area (Å²) in [5, 5.41) is 4.12. The molecule has 0 aliphatic carbocycles. The van der Waals surface area contributed by atoms with Gasteiger partial charge in [0.2, 0.25) is 5.88 Å². The summed E-state index contributed by atoms with van der Waals surface area (Å²) in [5.74, 6) is -5.27. The Hall–Kier alpha value is -3.64. The predicted octanol–water partition coefficient (Wildman–Crippen LogP) is 3.91. The molecule has 186 valence electrons. The van der Waals surface area contributed by atoms with Gasteiger partial charge in [-0.25, -0.2) is 36.9 Å². The standard InChI is InChI=1S/C22H21F5N6O2/c1-12-5-22(26,27)11-33(16(12)10-35-17-4-3-13(6-28-17)19(24)25)21(34)18-15(9-32(2)31-18)20-29-7-14(23)8-30-20/h3-4,6-9,12,16,19H,5,10-11H2,1-2H3/t12-,16?/m1/s1. The van der Waals surface area contributed by atoms with Crippen molar-refractivity contribution in [3.05, 3.63) is 54.0 Å². The van der Waals surface area contributed by atoms with Gasteiger partial charge in [-0.15, -0.1) is 0 Å². The number of likely N-dealkylation sites (tertiary alicyclic amines) is 1. The van der Waals surface area contributed by atoms with Crippen molar-refractivity contribution in [1.29, 1.82) is 0 Å². The third kappa shape index (κ3) is 5.38. The molecule has 4 rings (SSSR count). The normalized spacial score (nSPS) is 19.7. The Morgan fingerprint density at radius 1 is 1.20 bits per heavy atom. The van der Waals surface area contributed by atoms with Crippen LogP contribution >= 0.6 is 0 Å². The molecule has 35 heavy (non-hydrogen) atoms. The van der Waals surface area contributed by atoms with Gasteiger partial charge in [0.05, 0.1) is 30.5 Å².